The lowest BCUT2D eigenvalue weighted by atomic mass is 10.1. The number of halogens is 3. The fourth-order valence-electron chi connectivity index (χ4n) is 1.88. The molecule has 0 aromatic heterocycles. The molecule has 5 heteroatoms. The summed E-state index contributed by atoms with van der Waals surface area (Å²) in [6.45, 7) is 8.72. The molecule has 0 bridgehead atoms. The molecule has 0 heterocycles. The quantitative estimate of drug-likeness (QED) is 0.192. The minimum Gasteiger partial charge on any atom is -0.462 e. The second-order valence-corrected chi connectivity index (χ2v) is 8.16. The van der Waals surface area contributed by atoms with Crippen LogP contribution in [0.4, 0.5) is 0 Å². The van der Waals surface area contributed by atoms with Gasteiger partial charge in [0.25, 0.3) is 3.79 Å². The zero-order chi connectivity index (χ0) is 17.9. The number of carbonyl (C=O) groups excluding carboxylic acids is 1. The van der Waals surface area contributed by atoms with E-state index in [2.05, 4.69) is 45.9 Å². The van der Waals surface area contributed by atoms with Crippen molar-refractivity contribution in [3.63, 3.8) is 0 Å². The molecule has 0 aromatic rings. The highest BCUT2D eigenvalue weighted by atomic mass is 35.6. The van der Waals surface area contributed by atoms with Crippen molar-refractivity contribution in [1.82, 2.24) is 0 Å². The Morgan fingerprint density at radius 1 is 0.870 bits per heavy atom. The van der Waals surface area contributed by atoms with Crippen molar-refractivity contribution in [1.29, 1.82) is 0 Å². The predicted molar refractivity (Wildman–Crippen MR) is 101 cm³/mol. The van der Waals surface area contributed by atoms with Crippen molar-refractivity contribution in [2.24, 2.45) is 0 Å². The van der Waals surface area contributed by atoms with Gasteiger partial charge in [-0.1, -0.05) is 69.8 Å². The number of allylic oxidation sites excluding steroid dienone is 5. The van der Waals surface area contributed by atoms with Crippen LogP contribution in [-0.4, -0.2) is 16.4 Å². The number of rotatable bonds is 9. The van der Waals surface area contributed by atoms with Crippen molar-refractivity contribution in [2.75, 3.05) is 6.61 Å². The summed E-state index contributed by atoms with van der Waals surface area (Å²) in [5, 5.41) is 0. The Labute approximate surface area is 155 Å². The number of alkyl halides is 3. The van der Waals surface area contributed by atoms with Crippen LogP contribution < -0.4 is 0 Å². The number of hydrogen-bond acceptors (Lipinski definition) is 2. The van der Waals surface area contributed by atoms with Gasteiger partial charge in [0.15, 0.2) is 0 Å². The zero-order valence-electron chi connectivity index (χ0n) is 14.4. The number of hydrogen-bond donors (Lipinski definition) is 0. The van der Waals surface area contributed by atoms with E-state index in [0.29, 0.717) is 6.42 Å². The lowest BCUT2D eigenvalue weighted by Gasteiger charge is -2.09. The molecule has 132 valence electrons. The van der Waals surface area contributed by atoms with E-state index in [-0.39, 0.29) is 6.61 Å². The van der Waals surface area contributed by atoms with Crippen LogP contribution in [0, 0.1) is 0 Å². The smallest absolute Gasteiger partial charge is 0.358 e. The minimum atomic E-state index is -1.99. The van der Waals surface area contributed by atoms with Crippen LogP contribution in [0.5, 0.6) is 0 Å². The van der Waals surface area contributed by atoms with Crippen molar-refractivity contribution in [3.05, 3.63) is 34.9 Å². The van der Waals surface area contributed by atoms with Gasteiger partial charge in [0.1, 0.15) is 0 Å². The van der Waals surface area contributed by atoms with Crippen LogP contribution in [0.15, 0.2) is 34.9 Å². The van der Waals surface area contributed by atoms with Gasteiger partial charge in [-0.2, -0.15) is 0 Å². The molecule has 0 radical (unpaired) electrons. The second-order valence-electron chi connectivity index (χ2n) is 5.88. The molecule has 0 atom stereocenters. The van der Waals surface area contributed by atoms with Crippen LogP contribution in [-0.2, 0) is 9.53 Å². The van der Waals surface area contributed by atoms with Gasteiger partial charge in [-0.25, -0.2) is 4.79 Å². The van der Waals surface area contributed by atoms with Gasteiger partial charge in [-0.05, 0) is 59.8 Å². The van der Waals surface area contributed by atoms with Gasteiger partial charge in [-0.3, -0.25) is 0 Å². The van der Waals surface area contributed by atoms with Gasteiger partial charge in [-0.15, -0.1) is 0 Å². The lowest BCUT2D eigenvalue weighted by Crippen LogP contribution is -2.22. The lowest BCUT2D eigenvalue weighted by molar-refractivity contribution is -0.142. The molecule has 0 aromatic carbocycles. The molecule has 0 rings (SSSR count). The van der Waals surface area contributed by atoms with Crippen LogP contribution in [0.1, 0.15) is 59.8 Å². The Balaban J connectivity index is 3.94. The highest BCUT2D eigenvalue weighted by Crippen LogP contribution is 2.27. The first kappa shape index (κ1) is 22.6. The summed E-state index contributed by atoms with van der Waals surface area (Å²) in [5.41, 5.74) is 4.06. The van der Waals surface area contributed by atoms with Crippen LogP contribution in [0.2, 0.25) is 0 Å². The Bertz CT molecular complexity index is 453. The largest absolute Gasteiger partial charge is 0.462 e. The summed E-state index contributed by atoms with van der Waals surface area (Å²) in [4.78, 5) is 11.2. The second kappa shape index (κ2) is 12.0. The van der Waals surface area contributed by atoms with Gasteiger partial charge in [0.2, 0.25) is 0 Å². The molecule has 0 aliphatic rings. The average molecular weight is 382 g/mol. The summed E-state index contributed by atoms with van der Waals surface area (Å²) in [6, 6.07) is 0. The van der Waals surface area contributed by atoms with Gasteiger partial charge in [0, 0.05) is 0 Å². The van der Waals surface area contributed by atoms with Crippen LogP contribution >= 0.6 is 34.8 Å². The van der Waals surface area contributed by atoms with E-state index in [9.17, 15) is 4.79 Å². The molecule has 0 N–H and O–H groups in total. The third-order valence-corrected chi connectivity index (χ3v) is 3.66. The maximum absolute atomic E-state index is 11.2. The highest BCUT2D eigenvalue weighted by Gasteiger charge is 2.32. The maximum Gasteiger partial charge on any atom is 0.358 e. The Hall–Kier alpha value is -0.440. The molecule has 2 nitrogen and oxygen atoms in total. The Kier molecular flexibility index (Phi) is 11.8. The fraction of sp³-hybridized carbons (Fsp3) is 0.611. The van der Waals surface area contributed by atoms with E-state index in [1.165, 1.54) is 16.7 Å². The first-order valence-corrected chi connectivity index (χ1v) is 8.95. The molecule has 0 saturated carbocycles. The fourth-order valence-corrected chi connectivity index (χ4v) is 2.04. The van der Waals surface area contributed by atoms with E-state index in [4.69, 9.17) is 39.5 Å². The van der Waals surface area contributed by atoms with Gasteiger partial charge in [0.05, 0.1) is 6.61 Å². The minimum absolute atomic E-state index is 0.224. The van der Waals surface area contributed by atoms with Crippen LogP contribution in [0.3, 0.4) is 0 Å². The van der Waals surface area contributed by atoms with Crippen molar-refractivity contribution < 1.29 is 9.53 Å². The monoisotopic (exact) mass is 380 g/mol. The SMILES string of the molecule is CC(C)=CCC/C(C)=C/CCC(C)=CCCOC(=O)C(Cl)(Cl)Cl. The molecular formula is C18H27Cl3O2. The summed E-state index contributed by atoms with van der Waals surface area (Å²) in [7, 11) is 0. The summed E-state index contributed by atoms with van der Waals surface area (Å²) >= 11 is 16.2. The average Bonchev–Trinajstić information content (AvgIpc) is 2.41. The molecule has 0 saturated heterocycles. The summed E-state index contributed by atoms with van der Waals surface area (Å²) in [6.07, 6.45) is 11.5. The summed E-state index contributed by atoms with van der Waals surface area (Å²) < 4.78 is 2.87. The van der Waals surface area contributed by atoms with Gasteiger partial charge < -0.3 is 4.74 Å². The topological polar surface area (TPSA) is 26.3 Å². The maximum atomic E-state index is 11.2. The van der Waals surface area contributed by atoms with Crippen molar-refractivity contribution in [3.8, 4) is 0 Å². The number of carbonyl (C=O) groups is 1. The molecule has 0 unspecified atom stereocenters. The zero-order valence-corrected chi connectivity index (χ0v) is 16.7. The normalized spacial score (nSPS) is 13.0. The van der Waals surface area contributed by atoms with Gasteiger partial charge >= 0.3 is 5.97 Å². The molecular weight excluding hydrogens is 355 g/mol. The highest BCUT2D eigenvalue weighted by molar-refractivity contribution is 6.75. The van der Waals surface area contributed by atoms with E-state index < -0.39 is 9.76 Å². The molecule has 0 aliphatic carbocycles. The first-order valence-electron chi connectivity index (χ1n) is 7.81. The molecule has 0 fully saturated rings. The Morgan fingerprint density at radius 2 is 1.35 bits per heavy atom. The van der Waals surface area contributed by atoms with E-state index in [1.807, 2.05) is 0 Å². The predicted octanol–water partition coefficient (Wildman–Crippen LogP) is 6.71. The molecule has 0 aliphatic heterocycles. The standard InChI is InChI=1S/C18H27Cl3O2/c1-14(2)8-5-9-15(3)10-6-11-16(4)12-7-13-23-17(22)18(19,20)21/h8,10,12H,5-7,9,11,13H2,1-4H3/b15-10+,16-12?. The van der Waals surface area contributed by atoms with E-state index in [0.717, 1.165) is 25.7 Å². The number of ether oxygens (including phenoxy) is 1. The van der Waals surface area contributed by atoms with Crippen molar-refractivity contribution >= 4 is 40.8 Å². The van der Waals surface area contributed by atoms with Crippen LogP contribution in [0.25, 0.3) is 0 Å². The molecule has 0 spiro atoms. The third-order valence-electron chi connectivity index (χ3n) is 3.20. The van der Waals surface area contributed by atoms with E-state index >= 15 is 0 Å². The van der Waals surface area contributed by atoms with Crippen molar-refractivity contribution in [2.45, 2.75) is 63.6 Å². The van der Waals surface area contributed by atoms with E-state index in [1.54, 1.807) is 0 Å². The summed E-state index contributed by atoms with van der Waals surface area (Å²) in [5.74, 6) is -0.830. The molecule has 23 heavy (non-hydrogen) atoms. The molecule has 0 amide bonds. The Morgan fingerprint density at radius 3 is 1.83 bits per heavy atom. The number of esters is 1. The first-order chi connectivity index (χ1) is 10.6. The third kappa shape index (κ3) is 13.7.